The van der Waals surface area contributed by atoms with Crippen LogP contribution in [0.2, 0.25) is 0 Å². The highest BCUT2D eigenvalue weighted by Gasteiger charge is 2.55. The van der Waals surface area contributed by atoms with Crippen LogP contribution >= 0.6 is 58.2 Å². The summed E-state index contributed by atoms with van der Waals surface area (Å²) in [6, 6.07) is 38.8. The number of nitrogens with one attached hydrogen (secondary N) is 2. The van der Waals surface area contributed by atoms with E-state index >= 15 is 4.79 Å². The van der Waals surface area contributed by atoms with Crippen LogP contribution in [0.25, 0.3) is 0 Å². The van der Waals surface area contributed by atoms with E-state index in [1.165, 1.54) is 131 Å². The molecule has 3 N–H and O–H groups in total. The average molecular weight is 1500 g/mol. The Kier molecular flexibility index (Phi) is 29.6. The number of esters is 4. The second kappa shape index (κ2) is 38.2. The maximum atomic E-state index is 15.1. The minimum atomic E-state index is -1.68. The number of carbonyl (C=O) groups is 7. The van der Waals surface area contributed by atoms with Gasteiger partial charge in [-0.25, -0.2) is 14.6 Å². The highest BCUT2D eigenvalue weighted by molar-refractivity contribution is 8.02. The van der Waals surface area contributed by atoms with Crippen LogP contribution in [0.15, 0.2) is 164 Å². The fraction of sp³-hybridized carbons (Fsp3) is 0.395. The van der Waals surface area contributed by atoms with E-state index in [4.69, 9.17) is 33.5 Å². The van der Waals surface area contributed by atoms with Crippen LogP contribution in [0.5, 0.6) is 23.1 Å². The van der Waals surface area contributed by atoms with Crippen molar-refractivity contribution in [1.29, 1.82) is 0 Å². The second-order valence-electron chi connectivity index (χ2n) is 25.5. The predicted octanol–water partition coefficient (Wildman–Crippen LogP) is 13.3. The molecule has 0 bridgehead atoms. The first-order valence-corrected chi connectivity index (χ1v) is 38.7. The number of carbonyl (C=O) groups excluding carboxylic acids is 7. The Balaban J connectivity index is 0.000000699. The van der Waals surface area contributed by atoms with Crippen molar-refractivity contribution in [3.05, 3.63) is 184 Å². The fourth-order valence-corrected chi connectivity index (χ4v) is 16.5. The monoisotopic (exact) mass is 1500 g/mol. The van der Waals surface area contributed by atoms with Gasteiger partial charge in [0.2, 0.25) is 5.88 Å². The standard InChI is InChI=1S/C60H54N6O15S5.C16H36N/c1-33(67)78-43-27-26-41(28-44(43)79-34(2)68)85-56(55(75)80-59(3,4)5)81-64-46(42-32-84-58(61-42)63-60(37-16-10-7-11-17-37,38-18-12-8-13-19-38)39-20-14-9-15-21-39)50(70)62-47-51(71)66-48(54(74)77-29-35-22-24-40(76-6)25-23-35)36(30-82-52(47)66)31-83-57-45(53(72)73)49(69)65-86-57;1-5-9-13-17(14-10-6-2,15-11-7-3)16-12-8-4/h7-28,32,47,52,56H,29-31H2,1-6H3,(H,61,63)(H,62,70)(H,65,69)(H,72,73);5-16H2,1-4H3/q;+1/p-1/b64-46-;. The number of β-lactam (4-membered cyclic amide) rings is 1. The highest BCUT2D eigenvalue weighted by atomic mass is 32.2. The smallest absolute Gasteiger partial charge is 0.361 e. The van der Waals surface area contributed by atoms with Gasteiger partial charge in [-0.2, -0.15) is 4.37 Å². The summed E-state index contributed by atoms with van der Waals surface area (Å²) in [6.07, 6.45) is 11.1. The van der Waals surface area contributed by atoms with Gasteiger partial charge in [-0.15, -0.1) is 34.9 Å². The number of aromatic carboxylic acids is 1. The number of unbranched alkanes of at least 4 members (excludes halogenated alkanes) is 4. The predicted molar refractivity (Wildman–Crippen MR) is 400 cm³/mol. The van der Waals surface area contributed by atoms with Crippen molar-refractivity contribution < 1.29 is 76.8 Å². The Morgan fingerprint density at radius 1 is 0.767 bits per heavy atom. The molecule has 7 aromatic rings. The summed E-state index contributed by atoms with van der Waals surface area (Å²) in [5.41, 5.74) is -1.47. The molecule has 5 aromatic carbocycles. The number of amides is 2. The van der Waals surface area contributed by atoms with Crippen molar-refractivity contribution in [3.8, 4) is 23.1 Å². The molecule has 0 spiro atoms. The number of quaternary nitrogens is 1. The van der Waals surface area contributed by atoms with E-state index in [9.17, 15) is 39.0 Å². The number of thiazole rings is 1. The molecule has 27 heteroatoms. The van der Waals surface area contributed by atoms with E-state index < -0.39 is 86.8 Å². The van der Waals surface area contributed by atoms with E-state index in [-0.39, 0.29) is 50.1 Å². The lowest BCUT2D eigenvalue weighted by Crippen LogP contribution is -2.71. The van der Waals surface area contributed by atoms with E-state index in [0.29, 0.717) is 22.0 Å². The number of thioether (sulfide) groups is 3. The molecule has 2 amide bonds. The zero-order chi connectivity index (χ0) is 74.3. The molecule has 3 atom stereocenters. The van der Waals surface area contributed by atoms with Gasteiger partial charge < -0.3 is 58.6 Å². The molecule has 103 heavy (non-hydrogen) atoms. The summed E-state index contributed by atoms with van der Waals surface area (Å²) in [6.45, 7) is 22.0. The summed E-state index contributed by atoms with van der Waals surface area (Å²) in [7, 11) is 1.51. The number of methoxy groups -OCH3 is 1. The van der Waals surface area contributed by atoms with Crippen LogP contribution in [0.4, 0.5) is 5.13 Å². The quantitative estimate of drug-likeness (QED) is 0.00383. The number of carboxylic acid groups (broad SMARTS) is 1. The Bertz CT molecular complexity index is 3960. The van der Waals surface area contributed by atoms with Crippen molar-refractivity contribution in [2.24, 2.45) is 5.16 Å². The van der Waals surface area contributed by atoms with Crippen molar-refractivity contribution in [2.45, 2.75) is 157 Å². The van der Waals surface area contributed by atoms with Crippen molar-refractivity contribution in [2.75, 3.05) is 50.1 Å². The Morgan fingerprint density at radius 2 is 1.32 bits per heavy atom. The van der Waals surface area contributed by atoms with E-state index in [1.54, 1.807) is 50.4 Å². The fourth-order valence-electron chi connectivity index (χ4n) is 11.6. The lowest BCUT2D eigenvalue weighted by Gasteiger charge is -2.49. The van der Waals surface area contributed by atoms with Gasteiger partial charge in [0.05, 0.1) is 49.0 Å². The number of nitrogens with zero attached hydrogens (tertiary/aromatic N) is 5. The first-order chi connectivity index (χ1) is 49.5. The molecule has 0 radical (unpaired) electrons. The molecule has 2 aliphatic heterocycles. The summed E-state index contributed by atoms with van der Waals surface area (Å²) in [5, 5.41) is 33.9. The lowest BCUT2D eigenvalue weighted by molar-refractivity contribution is -0.929. The number of benzene rings is 5. The molecule has 2 aliphatic rings. The van der Waals surface area contributed by atoms with Crippen LogP contribution < -0.4 is 30.0 Å². The first kappa shape index (κ1) is 80.0. The zero-order valence-corrected chi connectivity index (χ0v) is 63.6. The topological polar surface area (TPSA) is 284 Å². The number of hydrogen-bond donors (Lipinski definition) is 3. The van der Waals surface area contributed by atoms with Gasteiger partial charge in [0.15, 0.2) is 22.3 Å². The number of ether oxygens (including phenoxy) is 5. The summed E-state index contributed by atoms with van der Waals surface area (Å²) in [4.78, 5) is 107. The number of hydrogen-bond acceptors (Lipinski definition) is 24. The number of aromatic nitrogens is 2. The highest BCUT2D eigenvalue weighted by Crippen LogP contribution is 2.45. The van der Waals surface area contributed by atoms with Crippen LogP contribution in [-0.2, 0) is 55.2 Å². The minimum absolute atomic E-state index is 0.0396. The van der Waals surface area contributed by atoms with Crippen LogP contribution in [0, 0.1) is 0 Å². The van der Waals surface area contributed by atoms with E-state index in [0.717, 1.165) is 70.0 Å². The Hall–Kier alpha value is -8.73. The molecule has 9 rings (SSSR count). The number of oxime groups is 1. The minimum Gasteiger partial charge on any atom is -0.545 e. The van der Waals surface area contributed by atoms with Crippen LogP contribution in [-0.4, -0.2) is 138 Å². The largest absolute Gasteiger partial charge is 0.545 e. The van der Waals surface area contributed by atoms with Crippen molar-refractivity contribution in [1.82, 2.24) is 19.6 Å². The second-order valence-corrected chi connectivity index (χ2v) is 30.6. The van der Waals surface area contributed by atoms with Gasteiger partial charge in [0.25, 0.3) is 17.3 Å². The molecule has 2 aromatic heterocycles. The molecule has 0 aliphatic carbocycles. The van der Waals surface area contributed by atoms with Gasteiger partial charge in [-0.05, 0) is 116 Å². The average Bonchev–Trinajstić information content (AvgIpc) is 1.15. The molecule has 1 saturated heterocycles. The summed E-state index contributed by atoms with van der Waals surface area (Å²) < 4.78 is 32.7. The number of carboxylic acids is 1. The number of fused-ring (bicyclic) bond motifs is 1. The molecular formula is C76H89N7O15S5. The van der Waals surface area contributed by atoms with E-state index in [1.807, 2.05) is 91.0 Å². The lowest BCUT2D eigenvalue weighted by atomic mass is 9.77. The molecule has 548 valence electrons. The van der Waals surface area contributed by atoms with Crippen molar-refractivity contribution in [3.63, 3.8) is 0 Å². The van der Waals surface area contributed by atoms with Crippen molar-refractivity contribution >= 4 is 111 Å². The summed E-state index contributed by atoms with van der Waals surface area (Å²) >= 11 is 4.78. The third-order valence-electron chi connectivity index (χ3n) is 16.6. The zero-order valence-electron chi connectivity index (χ0n) is 59.6. The van der Waals surface area contributed by atoms with Gasteiger partial charge >= 0.3 is 23.9 Å². The number of aromatic hydroxyl groups is 1. The molecule has 22 nitrogen and oxygen atoms in total. The van der Waals surface area contributed by atoms with E-state index in [2.05, 4.69) is 47.9 Å². The van der Waals surface area contributed by atoms with Gasteiger partial charge in [-0.1, -0.05) is 173 Å². The third kappa shape index (κ3) is 21.5. The SMILES string of the molecule is CCCC[N+](CCCC)(CCCC)CCCC.COc1ccc(COC(=O)C2=C(CSc3snc(O)c3C(=O)[O-])CSC3C(NC(=O)/C(=N\OC(Sc4ccc(OC(C)=O)c(OC(C)=O)c4)C(=O)OC(C)(C)C)c4csc(NC(c5ccccc5)(c5ccccc5)c5ccccc5)n4)C(=O)N23)cc1. The van der Waals surface area contributed by atoms with Gasteiger partial charge in [0, 0.05) is 35.6 Å². The normalized spacial score (nSPS) is 14.8. The summed E-state index contributed by atoms with van der Waals surface area (Å²) in [5.74, 6) is -6.92. The van der Waals surface area contributed by atoms with Crippen LogP contribution in [0.1, 0.15) is 152 Å². The molecule has 0 saturated carbocycles. The maximum Gasteiger partial charge on any atom is 0.361 e. The molecule has 3 unspecified atom stereocenters. The Labute approximate surface area is 622 Å². The maximum absolute atomic E-state index is 15.1. The van der Waals surface area contributed by atoms with Crippen LogP contribution in [0.3, 0.4) is 0 Å². The molecular weight excluding hydrogens is 1410 g/mol. The number of anilines is 1. The first-order valence-electron chi connectivity index (χ1n) is 34.2. The van der Waals surface area contributed by atoms with Gasteiger partial charge in [0.1, 0.15) is 46.3 Å². The Morgan fingerprint density at radius 3 is 1.83 bits per heavy atom. The van der Waals surface area contributed by atoms with Gasteiger partial charge in [-0.3, -0.25) is 24.1 Å². The number of rotatable bonds is 35. The third-order valence-corrected chi connectivity index (χ3v) is 21.9. The molecule has 1 fully saturated rings. The molecule has 4 heterocycles.